The van der Waals surface area contributed by atoms with E-state index >= 15 is 0 Å². The lowest BCUT2D eigenvalue weighted by Crippen LogP contribution is -2.61. The molecule has 2 aromatic heterocycles. The topological polar surface area (TPSA) is 27.8 Å². The minimum atomic E-state index is -0.188. The van der Waals surface area contributed by atoms with Gasteiger partial charge in [-0.1, -0.05) is 186 Å². The number of fused-ring (bicyclic) bond motifs is 10. The normalized spacial score (nSPS) is 13.5. The zero-order valence-electron chi connectivity index (χ0n) is 49.5. The lowest BCUT2D eigenvalue weighted by molar-refractivity contribution is 0.590. The Kier molecular flexibility index (Phi) is 11.5. The molecular weight excluding hydrogens is 996 g/mol. The highest BCUT2D eigenvalue weighted by Crippen LogP contribution is 2.50. The Morgan fingerprint density at radius 2 is 0.854 bits per heavy atom. The van der Waals surface area contributed by atoms with Crippen LogP contribution >= 0.6 is 0 Å². The lowest BCUT2D eigenvalue weighted by atomic mass is 9.33. The fourth-order valence-electron chi connectivity index (χ4n) is 13.1. The van der Waals surface area contributed by atoms with Gasteiger partial charge in [-0.25, -0.2) is 0 Å². The Hall–Kier alpha value is -8.74. The Bertz CT molecular complexity index is 4500. The van der Waals surface area contributed by atoms with Crippen LogP contribution < -0.4 is 31.1 Å². The molecule has 2 aliphatic heterocycles. The summed E-state index contributed by atoms with van der Waals surface area (Å²) in [6, 6.07) is 80.2. The van der Waals surface area contributed by atoms with Crippen molar-refractivity contribution in [3.63, 3.8) is 0 Å². The predicted molar refractivity (Wildman–Crippen MR) is 352 cm³/mol. The number of furan rings is 1. The molecule has 14 rings (SSSR count). The smallest absolute Gasteiger partial charge is 0.252 e. The molecule has 0 fully saturated rings. The molecular formula is C76H71BN4O. The number of nitrogens with zero attached hydrogens (tertiary/aromatic N) is 4. The van der Waals surface area contributed by atoms with Crippen LogP contribution in [0.4, 0.5) is 51.2 Å². The number of anilines is 9. The highest BCUT2D eigenvalue weighted by molar-refractivity contribution is 7.00. The molecule has 5 nitrogen and oxygen atoms in total. The largest absolute Gasteiger partial charge is 0.456 e. The summed E-state index contributed by atoms with van der Waals surface area (Å²) >= 11 is 0. The molecule has 0 radical (unpaired) electrons. The molecule has 10 aromatic carbocycles. The van der Waals surface area contributed by atoms with Crippen molar-refractivity contribution in [3.05, 3.63) is 235 Å². The Balaban J connectivity index is 1.05. The first-order valence-electron chi connectivity index (χ1n) is 29.3. The molecule has 6 heteroatoms. The maximum Gasteiger partial charge on any atom is 0.252 e. The van der Waals surface area contributed by atoms with Gasteiger partial charge in [0.05, 0.1) is 11.0 Å². The summed E-state index contributed by atoms with van der Waals surface area (Å²) in [6.45, 7) is 27.8. The summed E-state index contributed by atoms with van der Waals surface area (Å²) in [5, 5.41) is 4.71. The van der Waals surface area contributed by atoms with E-state index in [0.29, 0.717) is 0 Å². The van der Waals surface area contributed by atoms with Gasteiger partial charge in [-0.2, -0.15) is 0 Å². The fraction of sp³-hybridized carbons (Fsp3) is 0.211. The van der Waals surface area contributed by atoms with Crippen molar-refractivity contribution in [2.45, 2.75) is 105 Å². The van der Waals surface area contributed by atoms with Crippen LogP contribution in [0.1, 0.15) is 105 Å². The van der Waals surface area contributed by atoms with Gasteiger partial charge in [0.2, 0.25) is 0 Å². The molecule has 82 heavy (non-hydrogen) atoms. The Morgan fingerprint density at radius 3 is 1.54 bits per heavy atom. The van der Waals surface area contributed by atoms with Crippen LogP contribution in [0.5, 0.6) is 0 Å². The molecule has 0 N–H and O–H groups in total. The van der Waals surface area contributed by atoms with Crippen LogP contribution in [0.25, 0.3) is 49.4 Å². The van der Waals surface area contributed by atoms with E-state index in [-0.39, 0.29) is 28.4 Å². The van der Waals surface area contributed by atoms with Gasteiger partial charge in [-0.05, 0) is 163 Å². The van der Waals surface area contributed by atoms with Crippen molar-refractivity contribution < 1.29 is 4.42 Å². The molecule has 0 unspecified atom stereocenters. The van der Waals surface area contributed by atoms with Gasteiger partial charge in [0, 0.05) is 84.5 Å². The van der Waals surface area contributed by atoms with Crippen molar-refractivity contribution in [1.29, 1.82) is 0 Å². The molecule has 0 saturated heterocycles. The summed E-state index contributed by atoms with van der Waals surface area (Å²) in [5.41, 5.74) is 24.2. The van der Waals surface area contributed by atoms with Crippen LogP contribution in [0.15, 0.2) is 217 Å². The number of para-hydroxylation sites is 3. The van der Waals surface area contributed by atoms with Crippen LogP contribution in [0.2, 0.25) is 0 Å². The van der Waals surface area contributed by atoms with Crippen LogP contribution in [0.3, 0.4) is 0 Å². The second kappa shape index (κ2) is 18.4. The zero-order chi connectivity index (χ0) is 56.8. The van der Waals surface area contributed by atoms with Gasteiger partial charge >= 0.3 is 0 Å². The number of rotatable bonds is 6. The number of hydrogen-bond donors (Lipinski definition) is 0. The maximum absolute atomic E-state index is 6.67. The van der Waals surface area contributed by atoms with Crippen molar-refractivity contribution in [1.82, 2.24) is 4.57 Å². The molecule has 0 amide bonds. The molecule has 0 saturated carbocycles. The summed E-state index contributed by atoms with van der Waals surface area (Å²) in [5.74, 6) is 0. The molecule has 2 aliphatic rings. The predicted octanol–water partition coefficient (Wildman–Crippen LogP) is 19.4. The second-order valence-corrected chi connectivity index (χ2v) is 27.1. The van der Waals surface area contributed by atoms with Gasteiger partial charge in [-0.3, -0.25) is 0 Å². The molecule has 0 spiro atoms. The third-order valence-electron chi connectivity index (χ3n) is 17.6. The zero-order valence-corrected chi connectivity index (χ0v) is 49.5. The SMILES string of the molecule is CC(C)(C)c1ccc(N(c2ccc3c(c2)N(c2ccc(C(C)(C)C)cc2)c2cc(C(C)(C)C)cc4c2B3c2cc(C(C)(C)C)ccc2N4c2ccc3c(c2)oc2ccccc23)c2ccc3c4ccccc4n(-c4ccccc4)c3c2)cc1. The van der Waals surface area contributed by atoms with Crippen molar-refractivity contribution in [3.8, 4) is 5.69 Å². The van der Waals surface area contributed by atoms with E-state index in [1.807, 2.05) is 0 Å². The second-order valence-electron chi connectivity index (χ2n) is 27.1. The van der Waals surface area contributed by atoms with E-state index in [9.17, 15) is 0 Å². The van der Waals surface area contributed by atoms with Crippen LogP contribution in [-0.2, 0) is 21.7 Å². The monoisotopic (exact) mass is 1070 g/mol. The average Bonchev–Trinajstić information content (AvgIpc) is 1.00. The number of benzene rings is 10. The fourth-order valence-corrected chi connectivity index (χ4v) is 13.1. The third kappa shape index (κ3) is 8.35. The molecule has 12 aromatic rings. The van der Waals surface area contributed by atoms with Crippen LogP contribution in [-0.4, -0.2) is 11.3 Å². The highest BCUT2D eigenvalue weighted by atomic mass is 16.3. The van der Waals surface area contributed by atoms with Crippen molar-refractivity contribution in [2.24, 2.45) is 0 Å². The highest BCUT2D eigenvalue weighted by Gasteiger charge is 2.45. The van der Waals surface area contributed by atoms with Gasteiger partial charge in [0.25, 0.3) is 6.71 Å². The van der Waals surface area contributed by atoms with E-state index < -0.39 is 0 Å². The molecule has 0 bridgehead atoms. The van der Waals surface area contributed by atoms with E-state index in [4.69, 9.17) is 4.42 Å². The summed E-state index contributed by atoms with van der Waals surface area (Å²) in [4.78, 5) is 7.61. The van der Waals surface area contributed by atoms with Gasteiger partial charge in [0.15, 0.2) is 0 Å². The van der Waals surface area contributed by atoms with Crippen molar-refractivity contribution in [2.75, 3.05) is 14.7 Å². The van der Waals surface area contributed by atoms with Gasteiger partial charge in [-0.15, -0.1) is 0 Å². The lowest BCUT2D eigenvalue weighted by Gasteiger charge is -2.45. The van der Waals surface area contributed by atoms with E-state index in [1.54, 1.807) is 0 Å². The van der Waals surface area contributed by atoms with E-state index in [2.05, 4.69) is 315 Å². The first-order valence-corrected chi connectivity index (χ1v) is 29.3. The van der Waals surface area contributed by atoms with Gasteiger partial charge in [0.1, 0.15) is 11.2 Å². The van der Waals surface area contributed by atoms with E-state index in [1.165, 1.54) is 72.0 Å². The molecule has 0 aliphatic carbocycles. The summed E-state index contributed by atoms with van der Waals surface area (Å²) in [6.07, 6.45) is 0. The number of aromatic nitrogens is 1. The molecule has 404 valence electrons. The van der Waals surface area contributed by atoms with E-state index in [0.717, 1.165) is 67.3 Å². The van der Waals surface area contributed by atoms with Gasteiger partial charge < -0.3 is 23.7 Å². The Morgan fingerprint density at radius 1 is 0.329 bits per heavy atom. The standard InChI is InChI=1S/C76H71BN4O/c1-73(2,3)48-26-31-53(32-27-48)78(55-35-38-59-58-22-16-18-24-64(58)79(66(59)45-55)52-20-14-13-15-21-52)56-37-40-62-67(46-56)80(54-33-28-49(29-34-54)74(4,5)6)68-43-51(76(10,11)12)44-69-72(68)77(62)63-42-50(75(7,8)9)30-41-65(63)81(69)57-36-39-61-60-23-17-19-25-70(60)82-71(61)47-57/h13-47H,1-12H3. The summed E-state index contributed by atoms with van der Waals surface area (Å²) < 4.78 is 9.10. The number of hydrogen-bond acceptors (Lipinski definition) is 4. The first kappa shape index (κ1) is 51.4. The summed E-state index contributed by atoms with van der Waals surface area (Å²) in [7, 11) is 0. The molecule has 4 heterocycles. The third-order valence-corrected chi connectivity index (χ3v) is 17.6. The Labute approximate surface area is 484 Å². The van der Waals surface area contributed by atoms with Crippen LogP contribution in [0, 0.1) is 0 Å². The first-order chi connectivity index (χ1) is 39.2. The minimum absolute atomic E-state index is 0.00913. The quantitative estimate of drug-likeness (QED) is 0.155. The maximum atomic E-state index is 6.67. The minimum Gasteiger partial charge on any atom is -0.456 e. The average molecular weight is 1070 g/mol. The molecule has 0 atom stereocenters. The van der Waals surface area contributed by atoms with Crippen molar-refractivity contribution >= 4 is 118 Å².